The minimum Gasteiger partial charge on any atom is -0.493 e. The highest BCUT2D eigenvalue weighted by molar-refractivity contribution is 9.10. The normalized spacial score (nSPS) is 10.7. The summed E-state index contributed by atoms with van der Waals surface area (Å²) < 4.78 is 11.9. The van der Waals surface area contributed by atoms with Crippen LogP contribution in [-0.2, 0) is 11.4 Å². The molecule has 170 valence electrons. The van der Waals surface area contributed by atoms with Gasteiger partial charge in [0.05, 0.1) is 18.7 Å². The maximum absolute atomic E-state index is 12.7. The van der Waals surface area contributed by atoms with Crippen molar-refractivity contribution in [2.45, 2.75) is 13.5 Å². The largest absolute Gasteiger partial charge is 0.493 e. The molecule has 3 rings (SSSR count). The molecule has 0 aliphatic heterocycles. The molecular weight excluding hydrogens is 518 g/mol. The van der Waals surface area contributed by atoms with Crippen molar-refractivity contribution in [3.63, 3.8) is 0 Å². The molecule has 8 heteroatoms. The number of methoxy groups -OCH3 is 1. The third-order valence-electron chi connectivity index (χ3n) is 4.98. The molecule has 34 heavy (non-hydrogen) atoms. The van der Waals surface area contributed by atoms with Crippen LogP contribution in [0, 0.1) is 29.6 Å². The van der Waals surface area contributed by atoms with Crippen molar-refractivity contribution in [3.8, 4) is 23.6 Å². The van der Waals surface area contributed by atoms with Gasteiger partial charge in [0, 0.05) is 20.7 Å². The van der Waals surface area contributed by atoms with Crippen LogP contribution in [0.15, 0.2) is 64.6 Å². The highest BCUT2D eigenvalue weighted by atomic mass is 79.9. The maximum atomic E-state index is 12.7. The van der Waals surface area contributed by atoms with Gasteiger partial charge in [-0.05, 0) is 54.5 Å². The number of hydrogen-bond donors (Lipinski definition) is 1. The number of ether oxygens (including phenoxy) is 2. The summed E-state index contributed by atoms with van der Waals surface area (Å²) in [7, 11) is 1.49. The number of anilines is 1. The minimum atomic E-state index is -0.563. The molecule has 1 amide bonds. The van der Waals surface area contributed by atoms with Crippen LogP contribution >= 0.6 is 27.5 Å². The average Bonchev–Trinajstić information content (AvgIpc) is 2.84. The van der Waals surface area contributed by atoms with E-state index in [0.29, 0.717) is 43.4 Å². The number of rotatable bonds is 7. The smallest absolute Gasteiger partial charge is 0.266 e. The Balaban J connectivity index is 1.86. The van der Waals surface area contributed by atoms with Crippen LogP contribution in [0.2, 0.25) is 5.02 Å². The molecule has 0 atom stereocenters. The SMILES string of the molecule is COc1cc(/C=C(\C#N)C(=O)Nc2cccc(Cl)c2C)c(Br)cc1OCc1ccccc1C#N. The molecule has 0 aliphatic carbocycles. The number of benzene rings is 3. The highest BCUT2D eigenvalue weighted by Gasteiger charge is 2.15. The molecule has 0 saturated heterocycles. The van der Waals surface area contributed by atoms with E-state index in [1.54, 1.807) is 49.4 Å². The molecular formula is C26H19BrClN3O3. The van der Waals surface area contributed by atoms with Gasteiger partial charge in [-0.1, -0.05) is 51.8 Å². The van der Waals surface area contributed by atoms with E-state index in [2.05, 4.69) is 27.3 Å². The molecule has 3 aromatic carbocycles. The van der Waals surface area contributed by atoms with Crippen molar-refractivity contribution >= 4 is 45.2 Å². The van der Waals surface area contributed by atoms with Gasteiger partial charge in [0.25, 0.3) is 5.91 Å². The molecule has 3 aromatic rings. The van der Waals surface area contributed by atoms with Crippen molar-refractivity contribution in [1.29, 1.82) is 10.5 Å². The van der Waals surface area contributed by atoms with Crippen molar-refractivity contribution in [2.24, 2.45) is 0 Å². The summed E-state index contributed by atoms with van der Waals surface area (Å²) in [6, 6.07) is 19.7. The van der Waals surface area contributed by atoms with Crippen LogP contribution < -0.4 is 14.8 Å². The molecule has 0 radical (unpaired) electrons. The first kappa shape index (κ1) is 24.9. The lowest BCUT2D eigenvalue weighted by Gasteiger charge is -2.14. The number of halogens is 2. The second-order valence-electron chi connectivity index (χ2n) is 7.12. The molecule has 0 fully saturated rings. The fourth-order valence-electron chi connectivity index (χ4n) is 3.08. The summed E-state index contributed by atoms with van der Waals surface area (Å²) in [4.78, 5) is 12.7. The van der Waals surface area contributed by atoms with Crippen LogP contribution in [0.5, 0.6) is 11.5 Å². The first-order valence-electron chi connectivity index (χ1n) is 10.0. The first-order valence-corrected chi connectivity index (χ1v) is 11.2. The lowest BCUT2D eigenvalue weighted by Crippen LogP contribution is -2.14. The van der Waals surface area contributed by atoms with E-state index in [1.807, 2.05) is 18.2 Å². The Morgan fingerprint density at radius 2 is 1.91 bits per heavy atom. The van der Waals surface area contributed by atoms with Crippen molar-refractivity contribution in [2.75, 3.05) is 12.4 Å². The number of carbonyl (C=O) groups is 1. The van der Waals surface area contributed by atoms with E-state index < -0.39 is 5.91 Å². The second kappa shape index (κ2) is 11.4. The summed E-state index contributed by atoms with van der Waals surface area (Å²) >= 11 is 9.58. The Labute approximate surface area is 211 Å². The predicted molar refractivity (Wildman–Crippen MR) is 135 cm³/mol. The van der Waals surface area contributed by atoms with Gasteiger partial charge < -0.3 is 14.8 Å². The zero-order valence-corrected chi connectivity index (χ0v) is 20.7. The van der Waals surface area contributed by atoms with Gasteiger partial charge in [-0.3, -0.25) is 4.79 Å². The van der Waals surface area contributed by atoms with Gasteiger partial charge in [0.1, 0.15) is 18.2 Å². The minimum absolute atomic E-state index is 0.0984. The van der Waals surface area contributed by atoms with E-state index in [9.17, 15) is 15.3 Å². The summed E-state index contributed by atoms with van der Waals surface area (Å²) in [5.41, 5.74) is 2.95. The van der Waals surface area contributed by atoms with Crippen LogP contribution in [0.1, 0.15) is 22.3 Å². The standard InChI is InChI=1S/C26H19BrClN3O3/c1-16-22(28)8-5-9-23(16)31-26(32)20(14-30)10-19-11-24(33-2)25(12-21(19)27)34-15-18-7-4-3-6-17(18)13-29/h3-12H,15H2,1-2H3,(H,31,32)/b20-10+. The molecule has 0 aliphatic rings. The van der Waals surface area contributed by atoms with Gasteiger partial charge >= 0.3 is 0 Å². The fourth-order valence-corrected chi connectivity index (χ4v) is 3.69. The lowest BCUT2D eigenvalue weighted by molar-refractivity contribution is -0.112. The van der Waals surface area contributed by atoms with Crippen molar-refractivity contribution in [1.82, 2.24) is 0 Å². The summed E-state index contributed by atoms with van der Waals surface area (Å²) in [6.07, 6.45) is 1.45. The Morgan fingerprint density at radius 1 is 1.15 bits per heavy atom. The van der Waals surface area contributed by atoms with Gasteiger partial charge in [-0.15, -0.1) is 0 Å². The fraction of sp³-hybridized carbons (Fsp3) is 0.115. The number of amides is 1. The number of hydrogen-bond acceptors (Lipinski definition) is 5. The van der Waals surface area contributed by atoms with Gasteiger partial charge in [-0.2, -0.15) is 10.5 Å². The topological polar surface area (TPSA) is 95.1 Å². The van der Waals surface area contributed by atoms with Gasteiger partial charge in [0.15, 0.2) is 11.5 Å². The van der Waals surface area contributed by atoms with Crippen LogP contribution in [0.3, 0.4) is 0 Å². The zero-order valence-electron chi connectivity index (χ0n) is 18.4. The molecule has 0 aromatic heterocycles. The van der Waals surface area contributed by atoms with Crippen LogP contribution in [-0.4, -0.2) is 13.0 Å². The Morgan fingerprint density at radius 3 is 2.62 bits per heavy atom. The maximum Gasteiger partial charge on any atom is 0.266 e. The van der Waals surface area contributed by atoms with E-state index in [0.717, 1.165) is 5.56 Å². The van der Waals surface area contributed by atoms with Crippen molar-refractivity contribution in [3.05, 3.63) is 91.9 Å². The monoisotopic (exact) mass is 535 g/mol. The summed E-state index contributed by atoms with van der Waals surface area (Å²) in [5.74, 6) is 0.288. The Hall–Kier alpha value is -3.78. The third kappa shape index (κ3) is 5.77. The van der Waals surface area contributed by atoms with E-state index in [-0.39, 0.29) is 12.2 Å². The lowest BCUT2D eigenvalue weighted by atomic mass is 10.1. The molecule has 0 spiro atoms. The number of nitriles is 2. The highest BCUT2D eigenvalue weighted by Crippen LogP contribution is 2.35. The molecule has 0 unspecified atom stereocenters. The van der Waals surface area contributed by atoms with E-state index in [4.69, 9.17) is 21.1 Å². The van der Waals surface area contributed by atoms with Gasteiger partial charge in [-0.25, -0.2) is 0 Å². The Kier molecular flexibility index (Phi) is 8.32. The van der Waals surface area contributed by atoms with Crippen LogP contribution in [0.4, 0.5) is 5.69 Å². The average molecular weight is 537 g/mol. The Bertz CT molecular complexity index is 1360. The second-order valence-corrected chi connectivity index (χ2v) is 8.38. The summed E-state index contributed by atoms with van der Waals surface area (Å²) in [5, 5.41) is 22.1. The molecule has 0 bridgehead atoms. The number of nitrogens with zero attached hydrogens (tertiary/aromatic N) is 2. The van der Waals surface area contributed by atoms with Crippen molar-refractivity contribution < 1.29 is 14.3 Å². The van der Waals surface area contributed by atoms with Gasteiger partial charge in [0.2, 0.25) is 0 Å². The number of nitrogens with one attached hydrogen (secondary N) is 1. The molecule has 6 nitrogen and oxygen atoms in total. The van der Waals surface area contributed by atoms with E-state index in [1.165, 1.54) is 13.2 Å². The third-order valence-corrected chi connectivity index (χ3v) is 6.08. The first-order chi connectivity index (χ1) is 16.4. The van der Waals surface area contributed by atoms with E-state index >= 15 is 0 Å². The quantitative estimate of drug-likeness (QED) is 0.278. The summed E-state index contributed by atoms with van der Waals surface area (Å²) in [6.45, 7) is 1.95. The zero-order chi connectivity index (χ0) is 24.7. The molecule has 0 saturated carbocycles. The molecule has 0 heterocycles. The predicted octanol–water partition coefficient (Wildman–Crippen LogP) is 6.42. The number of carbonyl (C=O) groups excluding carboxylic acids is 1. The van der Waals surface area contributed by atoms with Crippen LogP contribution in [0.25, 0.3) is 6.08 Å². The molecule has 1 N–H and O–H groups in total.